The Balaban J connectivity index is 1.21. The van der Waals surface area contributed by atoms with Crippen molar-refractivity contribution >= 4 is 11.9 Å². The molecule has 8 aliphatic rings. The fourth-order valence-corrected chi connectivity index (χ4v) is 18.5. The van der Waals surface area contributed by atoms with Gasteiger partial charge in [0.1, 0.15) is 24.5 Å². The maximum atomic E-state index is 15.0. The predicted molar refractivity (Wildman–Crippen MR) is 263 cm³/mol. The number of rotatable bonds is 15. The second-order valence-corrected chi connectivity index (χ2v) is 25.7. The van der Waals surface area contributed by atoms with Gasteiger partial charge in [-0.25, -0.2) is 4.98 Å². The minimum absolute atomic E-state index is 0.0444. The van der Waals surface area contributed by atoms with E-state index in [1.807, 2.05) is 13.8 Å². The van der Waals surface area contributed by atoms with Crippen LogP contribution in [0.2, 0.25) is 0 Å². The third-order valence-corrected chi connectivity index (χ3v) is 22.7. The first kappa shape index (κ1) is 54.2. The van der Waals surface area contributed by atoms with E-state index >= 15 is 0 Å². The molecule has 6 aliphatic carbocycles. The van der Waals surface area contributed by atoms with E-state index in [1.165, 1.54) is 0 Å². The number of ether oxygens (including phenoxy) is 2. The highest BCUT2D eigenvalue weighted by molar-refractivity contribution is 5.86. The molecule has 14 N–H and O–H groups in total. The summed E-state index contributed by atoms with van der Waals surface area (Å²) >= 11 is 0. The topological polar surface area (TPSA) is 313 Å². The Bertz CT molecular complexity index is 2160. The van der Waals surface area contributed by atoms with Crippen LogP contribution in [0.25, 0.3) is 0 Å². The molecule has 22 atom stereocenters. The molecule has 406 valence electrons. The van der Waals surface area contributed by atoms with Gasteiger partial charge >= 0.3 is 5.97 Å². The van der Waals surface area contributed by atoms with Crippen LogP contribution in [0.4, 0.5) is 0 Å². The predicted octanol–water partition coefficient (Wildman–Crippen LogP) is 2.13. The van der Waals surface area contributed by atoms with Crippen molar-refractivity contribution in [3.63, 3.8) is 0 Å². The SMILES string of the molecule is CNCC(CC(c1cnc[nH]1)C1NC(=O)C2(CCCC2)C1CC1C(O)C(OC2OCC(O)C(O)C2O)C(C)(CO)C2CCC3(C)C(CC=C4C5CC(C)(CO)CCC5(C(=O)O)C(CO)CC43C)C12C)C(N)O. The molecule has 9 rings (SSSR count). The zero-order valence-corrected chi connectivity index (χ0v) is 43.4. The second kappa shape index (κ2) is 19.5. The van der Waals surface area contributed by atoms with Crippen LogP contribution >= 0.6 is 0 Å². The maximum absolute atomic E-state index is 15.0. The van der Waals surface area contributed by atoms with Crippen molar-refractivity contribution in [3.05, 3.63) is 29.9 Å². The quantitative estimate of drug-likeness (QED) is 0.0680. The summed E-state index contributed by atoms with van der Waals surface area (Å²) in [5, 5.41) is 109. The van der Waals surface area contributed by atoms with Crippen LogP contribution in [-0.4, -0.2) is 157 Å². The Morgan fingerprint density at radius 1 is 0.958 bits per heavy atom. The average molecular weight is 1010 g/mol. The fraction of sp³-hybridized carbons (Fsp3) is 0.870. The molecule has 1 spiro atoms. The van der Waals surface area contributed by atoms with Gasteiger partial charge in [0.2, 0.25) is 5.91 Å². The lowest BCUT2D eigenvalue weighted by Gasteiger charge is -2.74. The Kier molecular flexibility index (Phi) is 14.6. The lowest BCUT2D eigenvalue weighted by molar-refractivity contribution is -0.340. The largest absolute Gasteiger partial charge is 0.481 e. The van der Waals surface area contributed by atoms with Crippen LogP contribution in [0.5, 0.6) is 0 Å². The number of carboxylic acids is 1. The zero-order valence-electron chi connectivity index (χ0n) is 43.4. The minimum Gasteiger partial charge on any atom is -0.481 e. The number of aromatic nitrogens is 2. The summed E-state index contributed by atoms with van der Waals surface area (Å²) in [6.07, 6.45) is 3.22. The Hall–Kier alpha value is -2.59. The number of amides is 1. The lowest BCUT2D eigenvalue weighted by atomic mass is 9.31. The average Bonchev–Trinajstić information content (AvgIpc) is 4.13. The fourth-order valence-electron chi connectivity index (χ4n) is 18.5. The number of aliphatic hydroxyl groups excluding tert-OH is 8. The van der Waals surface area contributed by atoms with Crippen LogP contribution in [0, 0.1) is 79.3 Å². The molecule has 1 aromatic rings. The molecule has 2 saturated heterocycles. The molecule has 0 aromatic carbocycles. The first-order valence-corrected chi connectivity index (χ1v) is 27.1. The molecule has 7 fully saturated rings. The molecule has 22 unspecified atom stereocenters. The Labute approximate surface area is 424 Å². The van der Waals surface area contributed by atoms with Gasteiger partial charge in [0, 0.05) is 54.9 Å². The van der Waals surface area contributed by atoms with Crippen molar-refractivity contribution < 1.29 is 65.0 Å². The number of hydrogen-bond donors (Lipinski definition) is 13. The number of nitrogens with one attached hydrogen (secondary N) is 3. The van der Waals surface area contributed by atoms with Crippen molar-refractivity contribution in [1.29, 1.82) is 0 Å². The van der Waals surface area contributed by atoms with E-state index in [0.29, 0.717) is 77.2 Å². The van der Waals surface area contributed by atoms with Gasteiger partial charge in [0.15, 0.2) is 6.29 Å². The van der Waals surface area contributed by atoms with E-state index in [-0.39, 0.29) is 49.4 Å². The smallest absolute Gasteiger partial charge is 0.310 e. The van der Waals surface area contributed by atoms with Crippen LogP contribution in [0.1, 0.15) is 130 Å². The minimum atomic E-state index is -1.66. The van der Waals surface area contributed by atoms with E-state index in [4.69, 9.17) is 15.2 Å². The van der Waals surface area contributed by atoms with Crippen LogP contribution in [0.3, 0.4) is 0 Å². The molecule has 18 nitrogen and oxygen atoms in total. The summed E-state index contributed by atoms with van der Waals surface area (Å²) in [4.78, 5) is 36.5. The number of fused-ring (bicyclic) bond motifs is 7. The molecular weight excluding hydrogens is 927 g/mol. The number of imidazole rings is 1. The van der Waals surface area contributed by atoms with Crippen LogP contribution < -0.4 is 16.4 Å². The number of allylic oxidation sites excluding steroid dienone is 2. The van der Waals surface area contributed by atoms with Gasteiger partial charge in [-0.05, 0) is 135 Å². The molecule has 5 saturated carbocycles. The van der Waals surface area contributed by atoms with Crippen molar-refractivity contribution in [2.24, 2.45) is 85.1 Å². The van der Waals surface area contributed by atoms with E-state index in [2.05, 4.69) is 47.4 Å². The van der Waals surface area contributed by atoms with Gasteiger partial charge in [-0.15, -0.1) is 0 Å². The summed E-state index contributed by atoms with van der Waals surface area (Å²) in [6, 6.07) is -0.487. The van der Waals surface area contributed by atoms with Crippen molar-refractivity contribution in [3.8, 4) is 0 Å². The van der Waals surface area contributed by atoms with Crippen molar-refractivity contribution in [2.45, 2.75) is 173 Å². The number of carbonyl (C=O) groups is 2. The number of aliphatic hydroxyl groups is 8. The summed E-state index contributed by atoms with van der Waals surface area (Å²) in [5.41, 5.74) is 2.49. The number of nitrogens with zero attached hydrogens (tertiary/aromatic N) is 1. The highest BCUT2D eigenvalue weighted by atomic mass is 16.7. The van der Waals surface area contributed by atoms with E-state index < -0.39 is 123 Å². The molecule has 0 bridgehead atoms. The van der Waals surface area contributed by atoms with E-state index in [9.17, 15) is 55.5 Å². The highest BCUT2D eigenvalue weighted by Crippen LogP contribution is 2.78. The number of aliphatic carboxylic acids is 1. The first-order valence-electron chi connectivity index (χ1n) is 27.1. The monoisotopic (exact) mass is 1010 g/mol. The zero-order chi connectivity index (χ0) is 52.1. The summed E-state index contributed by atoms with van der Waals surface area (Å²) in [5.74, 6) is -4.22. The van der Waals surface area contributed by atoms with Gasteiger partial charge in [-0.1, -0.05) is 59.1 Å². The van der Waals surface area contributed by atoms with Gasteiger partial charge < -0.3 is 76.8 Å². The van der Waals surface area contributed by atoms with Crippen molar-refractivity contribution in [1.82, 2.24) is 20.6 Å². The summed E-state index contributed by atoms with van der Waals surface area (Å²) in [7, 11) is 1.80. The molecule has 2 aliphatic heterocycles. The molecule has 3 heterocycles. The Morgan fingerprint density at radius 3 is 2.29 bits per heavy atom. The molecule has 1 aromatic heterocycles. The second-order valence-electron chi connectivity index (χ2n) is 25.7. The standard InChI is InChI=1S/C54H87N5O13/c1-48(25-61)15-16-54(47(69)70)29(23-60)19-51(4)31(34(54)20-48)9-10-38-50(51,3)14-11-37-49(2,26-62)43(72-45-42(66)41(65)36(63)24-71-45)40(64)33(52(37,38)5)18-32-39(59-46(68)53(32)12-7-8-13-53)30(35-22-57-27-58-35)17-28(21-56-6)44(55)67/h9,22,27-30,32-34,36-45,56,60-67H,7-8,10-21,23-26,55H2,1-6H3,(H,57,58)(H,59,68)(H,69,70). The summed E-state index contributed by atoms with van der Waals surface area (Å²) in [6.45, 7) is 10.1. The van der Waals surface area contributed by atoms with Crippen LogP contribution in [0.15, 0.2) is 24.2 Å². The molecule has 18 heteroatoms. The molecule has 1 amide bonds. The van der Waals surface area contributed by atoms with Gasteiger partial charge in [-0.3, -0.25) is 9.59 Å². The van der Waals surface area contributed by atoms with Crippen LogP contribution in [-0.2, 0) is 19.1 Å². The first-order chi connectivity index (χ1) is 34.0. The highest BCUT2D eigenvalue weighted by Gasteiger charge is 2.75. The molecule has 72 heavy (non-hydrogen) atoms. The number of carboxylic acid groups (broad SMARTS) is 1. The van der Waals surface area contributed by atoms with Gasteiger partial charge in [0.05, 0.1) is 42.6 Å². The van der Waals surface area contributed by atoms with E-state index in [1.54, 1.807) is 19.6 Å². The Morgan fingerprint density at radius 2 is 1.68 bits per heavy atom. The summed E-state index contributed by atoms with van der Waals surface area (Å²) < 4.78 is 12.6. The lowest BCUT2D eigenvalue weighted by Crippen LogP contribution is -2.73. The maximum Gasteiger partial charge on any atom is 0.310 e. The van der Waals surface area contributed by atoms with Gasteiger partial charge in [-0.2, -0.15) is 0 Å². The third-order valence-electron chi connectivity index (χ3n) is 22.7. The number of H-pyrrole nitrogens is 1. The molecular formula is C54H87N5O13. The molecule has 0 radical (unpaired) electrons. The number of carbonyl (C=O) groups excluding carboxylic acids is 1. The number of nitrogens with two attached hydrogens (primary N) is 1. The van der Waals surface area contributed by atoms with Gasteiger partial charge in [0.25, 0.3) is 0 Å². The number of aromatic amines is 1. The van der Waals surface area contributed by atoms with Crippen molar-refractivity contribution in [2.75, 3.05) is 40.0 Å². The van der Waals surface area contributed by atoms with E-state index in [0.717, 1.165) is 24.1 Å². The third kappa shape index (κ3) is 7.87. The normalized spacial score (nSPS) is 47.8. The number of hydrogen-bond acceptors (Lipinski definition) is 15.